The van der Waals surface area contributed by atoms with Crippen molar-refractivity contribution in [3.8, 4) is 0 Å². The Balaban J connectivity index is 1.92. The quantitative estimate of drug-likeness (QED) is 0.399. The van der Waals surface area contributed by atoms with E-state index in [4.69, 9.17) is 23.2 Å². The molecule has 3 aromatic rings. The molecule has 0 amide bonds. The number of alkyl halides is 1. The normalized spacial score (nSPS) is 19.6. The van der Waals surface area contributed by atoms with Crippen LogP contribution in [0, 0.1) is 0 Å². The highest BCUT2D eigenvalue weighted by atomic mass is 35.5. The number of aromatic nitrogens is 1. The van der Waals surface area contributed by atoms with Crippen molar-refractivity contribution in [2.45, 2.75) is 51.9 Å². The number of nitrogens with one attached hydrogen (secondary N) is 1. The minimum Gasteiger partial charge on any atom is -0.357 e. The van der Waals surface area contributed by atoms with Crippen LogP contribution in [-0.4, -0.2) is 33.9 Å². The van der Waals surface area contributed by atoms with Crippen LogP contribution in [0.5, 0.6) is 0 Å². The molecule has 0 bridgehead atoms. The molecule has 4 rings (SSSR count). The van der Waals surface area contributed by atoms with Crippen molar-refractivity contribution in [1.29, 1.82) is 0 Å². The molecule has 32 heavy (non-hydrogen) atoms. The molecule has 0 fully saturated rings. The molecule has 0 aliphatic carbocycles. The Morgan fingerprint density at radius 3 is 2.53 bits per heavy atom. The minimum atomic E-state index is -1.39. The maximum absolute atomic E-state index is 14.9. The maximum Gasteiger partial charge on any atom is 0.152 e. The molecule has 3 nitrogen and oxygen atoms in total. The number of para-hydroxylation sites is 1. The summed E-state index contributed by atoms with van der Waals surface area (Å²) < 4.78 is 14.9. The Morgan fingerprint density at radius 1 is 1.25 bits per heavy atom. The number of fused-ring (bicyclic) bond motifs is 3. The largest absolute Gasteiger partial charge is 0.357 e. The summed E-state index contributed by atoms with van der Waals surface area (Å²) in [6.07, 6.45) is 3.99. The van der Waals surface area contributed by atoms with Crippen LogP contribution < -0.4 is 0 Å². The van der Waals surface area contributed by atoms with Crippen molar-refractivity contribution in [3.05, 3.63) is 74.9 Å². The topological polar surface area (TPSA) is 36.1 Å². The van der Waals surface area contributed by atoms with Crippen molar-refractivity contribution in [3.63, 3.8) is 0 Å². The van der Waals surface area contributed by atoms with Gasteiger partial charge in [0.15, 0.2) is 5.78 Å². The molecule has 1 aliphatic heterocycles. The van der Waals surface area contributed by atoms with E-state index >= 15 is 0 Å². The number of nitrogens with zero attached hydrogens (tertiary/aromatic N) is 1. The van der Waals surface area contributed by atoms with Crippen molar-refractivity contribution in [2.24, 2.45) is 0 Å². The number of hydrogen-bond acceptors (Lipinski definition) is 2. The minimum absolute atomic E-state index is 0.0542. The summed E-state index contributed by atoms with van der Waals surface area (Å²) >= 11 is 13.6. The molecule has 168 valence electrons. The molecule has 0 unspecified atom stereocenters. The molecule has 0 saturated heterocycles. The van der Waals surface area contributed by atoms with Crippen LogP contribution in [0.25, 0.3) is 17.0 Å². The number of benzene rings is 2. The molecular weight excluding hydrogens is 446 g/mol. The SMILES string of the molecule is CC(=O)/C=C/c1cc(Cl)c([C@@H]2c3[nH]c4ccccc4c3C[C@@H](C)N2CC(C)(C)F)c(Cl)c1. The van der Waals surface area contributed by atoms with E-state index in [9.17, 15) is 9.18 Å². The number of aromatic amines is 1. The summed E-state index contributed by atoms with van der Waals surface area (Å²) in [4.78, 5) is 17.1. The first-order chi connectivity index (χ1) is 15.0. The molecule has 1 aliphatic rings. The number of hydrogen-bond donors (Lipinski definition) is 1. The third kappa shape index (κ3) is 4.50. The van der Waals surface area contributed by atoms with Gasteiger partial charge in [0, 0.05) is 44.8 Å². The smallest absolute Gasteiger partial charge is 0.152 e. The van der Waals surface area contributed by atoms with E-state index in [1.165, 1.54) is 23.9 Å². The zero-order chi connectivity index (χ0) is 23.2. The second-order valence-corrected chi connectivity index (χ2v) is 10.1. The first kappa shape index (κ1) is 23.0. The average Bonchev–Trinajstić information content (AvgIpc) is 3.05. The van der Waals surface area contributed by atoms with Gasteiger partial charge in [-0.1, -0.05) is 47.5 Å². The third-order valence-electron chi connectivity index (χ3n) is 5.96. The molecule has 2 atom stereocenters. The lowest BCUT2D eigenvalue weighted by Gasteiger charge is -2.43. The van der Waals surface area contributed by atoms with Gasteiger partial charge in [0.05, 0.1) is 6.04 Å². The van der Waals surface area contributed by atoms with Gasteiger partial charge in [0.25, 0.3) is 0 Å². The van der Waals surface area contributed by atoms with Crippen LogP contribution in [0.1, 0.15) is 56.1 Å². The number of H-pyrrole nitrogens is 1. The first-order valence-electron chi connectivity index (χ1n) is 10.8. The lowest BCUT2D eigenvalue weighted by atomic mass is 9.87. The monoisotopic (exact) mass is 472 g/mol. The van der Waals surface area contributed by atoms with Crippen molar-refractivity contribution >= 4 is 46.0 Å². The van der Waals surface area contributed by atoms with Crippen LogP contribution in [0.3, 0.4) is 0 Å². The van der Waals surface area contributed by atoms with Gasteiger partial charge < -0.3 is 4.98 Å². The molecule has 2 aromatic carbocycles. The summed E-state index contributed by atoms with van der Waals surface area (Å²) in [5.41, 5.74) is 3.38. The molecular formula is C26H27Cl2FN2O. The van der Waals surface area contributed by atoms with Gasteiger partial charge in [-0.05, 0) is 69.5 Å². The highest BCUT2D eigenvalue weighted by molar-refractivity contribution is 6.36. The fraction of sp³-hybridized carbons (Fsp3) is 0.346. The summed E-state index contributed by atoms with van der Waals surface area (Å²) in [6, 6.07) is 11.6. The lowest BCUT2D eigenvalue weighted by molar-refractivity contribution is -0.112. The van der Waals surface area contributed by atoms with E-state index < -0.39 is 5.67 Å². The molecule has 0 saturated carbocycles. The Hall–Kier alpha value is -2.14. The number of ketones is 1. The maximum atomic E-state index is 14.9. The van der Waals surface area contributed by atoms with E-state index in [-0.39, 0.29) is 24.4 Å². The van der Waals surface area contributed by atoms with E-state index in [0.29, 0.717) is 10.0 Å². The highest BCUT2D eigenvalue weighted by Crippen LogP contribution is 2.46. The Bertz CT molecular complexity index is 1190. The first-order valence-corrected chi connectivity index (χ1v) is 11.5. The van der Waals surface area contributed by atoms with E-state index in [0.717, 1.165) is 28.8 Å². The molecule has 0 spiro atoms. The van der Waals surface area contributed by atoms with E-state index in [1.807, 2.05) is 24.3 Å². The molecule has 6 heteroatoms. The Kier molecular flexibility index (Phi) is 6.23. The van der Waals surface area contributed by atoms with E-state index in [2.05, 4.69) is 28.9 Å². The molecule has 2 heterocycles. The highest BCUT2D eigenvalue weighted by Gasteiger charge is 2.40. The molecule has 1 aromatic heterocycles. The summed E-state index contributed by atoms with van der Waals surface area (Å²) in [7, 11) is 0. The predicted molar refractivity (Wildman–Crippen MR) is 131 cm³/mol. The molecule has 0 radical (unpaired) electrons. The Labute approximate surface area is 198 Å². The van der Waals surface area contributed by atoms with Crippen LogP contribution in [-0.2, 0) is 11.2 Å². The van der Waals surface area contributed by atoms with Crippen molar-refractivity contribution < 1.29 is 9.18 Å². The summed E-state index contributed by atoms with van der Waals surface area (Å²) in [6.45, 7) is 7.04. The average molecular weight is 473 g/mol. The van der Waals surface area contributed by atoms with Gasteiger partial charge in [-0.15, -0.1) is 0 Å². The van der Waals surface area contributed by atoms with Gasteiger partial charge in [-0.2, -0.15) is 0 Å². The zero-order valence-electron chi connectivity index (χ0n) is 18.7. The van der Waals surface area contributed by atoms with Gasteiger partial charge in [0.2, 0.25) is 0 Å². The van der Waals surface area contributed by atoms with Crippen LogP contribution in [0.4, 0.5) is 4.39 Å². The van der Waals surface area contributed by atoms with Gasteiger partial charge in [-0.25, -0.2) is 4.39 Å². The fourth-order valence-corrected chi connectivity index (χ4v) is 5.38. The summed E-state index contributed by atoms with van der Waals surface area (Å²) in [5, 5.41) is 2.16. The van der Waals surface area contributed by atoms with Crippen molar-refractivity contribution in [1.82, 2.24) is 9.88 Å². The van der Waals surface area contributed by atoms with Crippen LogP contribution in [0.2, 0.25) is 10.0 Å². The Morgan fingerprint density at radius 2 is 1.91 bits per heavy atom. The van der Waals surface area contributed by atoms with Crippen LogP contribution >= 0.6 is 23.2 Å². The second-order valence-electron chi connectivity index (χ2n) is 9.25. The van der Waals surface area contributed by atoms with Crippen molar-refractivity contribution in [2.75, 3.05) is 6.54 Å². The zero-order valence-corrected chi connectivity index (χ0v) is 20.2. The van der Waals surface area contributed by atoms with Gasteiger partial charge >= 0.3 is 0 Å². The fourth-order valence-electron chi connectivity index (χ4n) is 4.67. The van der Waals surface area contributed by atoms with E-state index in [1.54, 1.807) is 19.9 Å². The summed E-state index contributed by atoms with van der Waals surface area (Å²) in [5.74, 6) is -0.0542. The second kappa shape index (κ2) is 8.66. The third-order valence-corrected chi connectivity index (χ3v) is 6.59. The van der Waals surface area contributed by atoms with Gasteiger partial charge in [0.1, 0.15) is 5.67 Å². The lowest BCUT2D eigenvalue weighted by Crippen LogP contribution is -2.48. The number of allylic oxidation sites excluding steroid dienone is 1. The number of rotatable bonds is 5. The standard InChI is InChI=1S/C26H27Cl2FN2O/c1-15-11-19-18-7-5-6-8-22(18)30-24(19)25(31(15)14-26(3,4)29)23-20(27)12-17(13-21(23)28)10-9-16(2)32/h5-10,12-13,15,25,30H,11,14H2,1-4H3/b10-9+/t15-,25-/m1/s1. The molecule has 1 N–H and O–H groups in total. The number of halogens is 3. The van der Waals surface area contributed by atoms with Crippen LogP contribution in [0.15, 0.2) is 42.5 Å². The number of carbonyl (C=O) groups excluding carboxylic acids is 1. The number of carbonyl (C=O) groups is 1. The predicted octanol–water partition coefficient (Wildman–Crippen LogP) is 7.16. The van der Waals surface area contributed by atoms with Gasteiger partial charge in [-0.3, -0.25) is 9.69 Å².